The standard InChI is InChI=1S/C9H12N2O4S/c1-5(12)8-6(10)4-7(16(3,13)14)9(11-8)15-2/h4H,10H2,1-3H3. The number of ketones is 1. The summed E-state index contributed by atoms with van der Waals surface area (Å²) in [6.45, 7) is 1.29. The Morgan fingerprint density at radius 3 is 2.44 bits per heavy atom. The van der Waals surface area contributed by atoms with Crippen LogP contribution >= 0.6 is 0 Å². The number of pyridine rings is 1. The van der Waals surface area contributed by atoms with E-state index in [4.69, 9.17) is 10.5 Å². The summed E-state index contributed by atoms with van der Waals surface area (Å²) in [5, 5.41) is 0. The molecule has 0 aliphatic carbocycles. The van der Waals surface area contributed by atoms with E-state index in [1.165, 1.54) is 20.1 Å². The van der Waals surface area contributed by atoms with Crippen LogP contribution in [0.25, 0.3) is 0 Å². The number of nitrogens with two attached hydrogens (primary N) is 1. The van der Waals surface area contributed by atoms with Crippen LogP contribution in [0.1, 0.15) is 17.4 Å². The van der Waals surface area contributed by atoms with Crippen molar-refractivity contribution in [2.75, 3.05) is 19.1 Å². The summed E-state index contributed by atoms with van der Waals surface area (Å²) in [4.78, 5) is 14.8. The molecule has 0 saturated heterocycles. The van der Waals surface area contributed by atoms with Gasteiger partial charge in [-0.05, 0) is 6.07 Å². The maximum Gasteiger partial charge on any atom is 0.233 e. The van der Waals surface area contributed by atoms with Crippen molar-refractivity contribution < 1.29 is 17.9 Å². The van der Waals surface area contributed by atoms with Gasteiger partial charge in [0.15, 0.2) is 15.6 Å². The zero-order valence-corrected chi connectivity index (χ0v) is 9.96. The van der Waals surface area contributed by atoms with Gasteiger partial charge in [0.05, 0.1) is 12.8 Å². The Hall–Kier alpha value is -1.63. The van der Waals surface area contributed by atoms with E-state index in [0.717, 1.165) is 6.26 Å². The van der Waals surface area contributed by atoms with E-state index < -0.39 is 9.84 Å². The molecule has 0 aromatic carbocycles. The lowest BCUT2D eigenvalue weighted by Crippen LogP contribution is -2.09. The Morgan fingerprint density at radius 1 is 1.50 bits per heavy atom. The van der Waals surface area contributed by atoms with Crippen LogP contribution in [0.15, 0.2) is 11.0 Å². The van der Waals surface area contributed by atoms with Crippen LogP contribution < -0.4 is 10.5 Å². The summed E-state index contributed by atoms with van der Waals surface area (Å²) in [7, 11) is -2.21. The van der Waals surface area contributed by atoms with Crippen LogP contribution in [0, 0.1) is 0 Å². The number of nitrogens with zero attached hydrogens (tertiary/aromatic N) is 1. The molecule has 0 unspecified atom stereocenters. The molecule has 0 spiro atoms. The van der Waals surface area contributed by atoms with Crippen LogP contribution in [0.5, 0.6) is 5.88 Å². The minimum Gasteiger partial charge on any atom is -0.480 e. The molecule has 16 heavy (non-hydrogen) atoms. The molecule has 7 heteroatoms. The first-order valence-corrected chi connectivity index (χ1v) is 6.22. The van der Waals surface area contributed by atoms with E-state index in [1.54, 1.807) is 0 Å². The summed E-state index contributed by atoms with van der Waals surface area (Å²) in [5.74, 6) is -0.474. The van der Waals surface area contributed by atoms with Gasteiger partial charge in [-0.1, -0.05) is 0 Å². The van der Waals surface area contributed by atoms with Gasteiger partial charge in [-0.3, -0.25) is 4.79 Å². The molecule has 0 aliphatic heterocycles. The summed E-state index contributed by atoms with van der Waals surface area (Å²) >= 11 is 0. The van der Waals surface area contributed by atoms with E-state index in [-0.39, 0.29) is 27.9 Å². The van der Waals surface area contributed by atoms with E-state index in [9.17, 15) is 13.2 Å². The Labute approximate surface area is 93.4 Å². The number of nitrogen functional groups attached to an aromatic ring is 1. The van der Waals surface area contributed by atoms with Gasteiger partial charge >= 0.3 is 0 Å². The van der Waals surface area contributed by atoms with Crippen molar-refractivity contribution in [2.45, 2.75) is 11.8 Å². The second kappa shape index (κ2) is 4.09. The lowest BCUT2D eigenvalue weighted by atomic mass is 10.2. The number of hydrogen-bond donors (Lipinski definition) is 1. The first-order valence-electron chi connectivity index (χ1n) is 4.33. The second-order valence-corrected chi connectivity index (χ2v) is 5.25. The van der Waals surface area contributed by atoms with E-state index >= 15 is 0 Å². The van der Waals surface area contributed by atoms with Crippen molar-refractivity contribution in [3.05, 3.63) is 11.8 Å². The van der Waals surface area contributed by atoms with Crippen LogP contribution in [-0.4, -0.2) is 32.6 Å². The molecule has 2 N–H and O–H groups in total. The summed E-state index contributed by atoms with van der Waals surface area (Å²) in [6, 6.07) is 1.18. The number of hydrogen-bond acceptors (Lipinski definition) is 6. The molecular formula is C9H12N2O4S. The van der Waals surface area contributed by atoms with Crippen molar-refractivity contribution in [1.29, 1.82) is 0 Å². The fourth-order valence-corrected chi connectivity index (χ4v) is 1.97. The van der Waals surface area contributed by atoms with E-state index in [1.807, 2.05) is 0 Å². The molecular weight excluding hydrogens is 232 g/mol. The Morgan fingerprint density at radius 2 is 2.06 bits per heavy atom. The van der Waals surface area contributed by atoms with Crippen LogP contribution in [-0.2, 0) is 9.84 Å². The topological polar surface area (TPSA) is 99.3 Å². The zero-order chi connectivity index (χ0) is 12.5. The van der Waals surface area contributed by atoms with Crippen molar-refractivity contribution in [3.63, 3.8) is 0 Å². The SMILES string of the molecule is COc1nc(C(C)=O)c(N)cc1S(C)(=O)=O. The molecule has 88 valence electrons. The minimum atomic E-state index is -3.49. The third kappa shape index (κ3) is 2.30. The molecule has 6 nitrogen and oxygen atoms in total. The fraction of sp³-hybridized carbons (Fsp3) is 0.333. The van der Waals surface area contributed by atoms with Crippen molar-refractivity contribution in [3.8, 4) is 5.88 Å². The highest BCUT2D eigenvalue weighted by Crippen LogP contribution is 2.25. The van der Waals surface area contributed by atoms with E-state index in [0.29, 0.717) is 0 Å². The van der Waals surface area contributed by atoms with E-state index in [2.05, 4.69) is 4.98 Å². The number of ether oxygens (including phenoxy) is 1. The normalized spacial score (nSPS) is 11.2. The maximum absolute atomic E-state index is 11.4. The van der Waals surface area contributed by atoms with Crippen molar-refractivity contribution in [1.82, 2.24) is 4.98 Å². The third-order valence-electron chi connectivity index (χ3n) is 1.91. The van der Waals surface area contributed by atoms with Crippen LogP contribution in [0.3, 0.4) is 0 Å². The first kappa shape index (κ1) is 12.4. The number of carbonyl (C=O) groups is 1. The van der Waals surface area contributed by atoms with Gasteiger partial charge in [0, 0.05) is 13.2 Å². The molecule has 1 heterocycles. The predicted octanol–water partition coefficient (Wildman–Crippen LogP) is 0.279. The number of methoxy groups -OCH3 is 1. The molecule has 0 aliphatic rings. The third-order valence-corrected chi connectivity index (χ3v) is 3.00. The molecule has 0 fully saturated rings. The van der Waals surface area contributed by atoms with Gasteiger partial charge in [-0.25, -0.2) is 13.4 Å². The Balaban J connectivity index is 3.57. The molecule has 1 aromatic heterocycles. The number of aromatic nitrogens is 1. The lowest BCUT2D eigenvalue weighted by Gasteiger charge is -2.09. The fourth-order valence-electron chi connectivity index (χ4n) is 1.19. The Bertz CT molecular complexity index is 537. The van der Waals surface area contributed by atoms with Gasteiger partial charge in [-0.2, -0.15) is 0 Å². The van der Waals surface area contributed by atoms with Crippen LogP contribution in [0.2, 0.25) is 0 Å². The maximum atomic E-state index is 11.4. The average Bonchev–Trinajstić information content (AvgIpc) is 2.15. The molecule has 0 radical (unpaired) electrons. The predicted molar refractivity (Wildman–Crippen MR) is 58.3 cm³/mol. The largest absolute Gasteiger partial charge is 0.480 e. The number of anilines is 1. The first-order chi connectivity index (χ1) is 7.27. The summed E-state index contributed by atoms with van der Waals surface area (Å²) < 4.78 is 27.6. The van der Waals surface area contributed by atoms with Gasteiger partial charge in [0.25, 0.3) is 0 Å². The Kier molecular flexibility index (Phi) is 3.18. The van der Waals surface area contributed by atoms with Gasteiger partial charge in [0.1, 0.15) is 10.6 Å². The molecule has 1 rings (SSSR count). The highest BCUT2D eigenvalue weighted by molar-refractivity contribution is 7.90. The average molecular weight is 244 g/mol. The van der Waals surface area contributed by atoms with Crippen LogP contribution in [0.4, 0.5) is 5.69 Å². The number of sulfone groups is 1. The van der Waals surface area contributed by atoms with Crippen molar-refractivity contribution in [2.24, 2.45) is 0 Å². The zero-order valence-electron chi connectivity index (χ0n) is 9.14. The highest BCUT2D eigenvalue weighted by atomic mass is 32.2. The lowest BCUT2D eigenvalue weighted by molar-refractivity contribution is 0.101. The molecule has 0 saturated carbocycles. The summed E-state index contributed by atoms with van der Waals surface area (Å²) in [5.41, 5.74) is 5.57. The molecule has 0 bridgehead atoms. The summed E-state index contributed by atoms with van der Waals surface area (Å²) in [6.07, 6.45) is 1.01. The number of rotatable bonds is 3. The molecule has 0 atom stereocenters. The van der Waals surface area contributed by atoms with Gasteiger partial charge in [-0.15, -0.1) is 0 Å². The monoisotopic (exact) mass is 244 g/mol. The molecule has 1 aromatic rings. The minimum absolute atomic E-state index is 0.00394. The molecule has 0 amide bonds. The van der Waals surface area contributed by atoms with Gasteiger partial charge < -0.3 is 10.5 Å². The van der Waals surface area contributed by atoms with Gasteiger partial charge in [0.2, 0.25) is 5.88 Å². The number of carbonyl (C=O) groups excluding carboxylic acids is 1. The highest BCUT2D eigenvalue weighted by Gasteiger charge is 2.20. The second-order valence-electron chi connectivity index (χ2n) is 3.26. The van der Waals surface area contributed by atoms with Crippen molar-refractivity contribution >= 4 is 21.3 Å². The number of Topliss-reactive ketones (excluding diaryl/α,β-unsaturated/α-hetero) is 1. The quantitative estimate of drug-likeness (QED) is 0.766. The smallest absolute Gasteiger partial charge is 0.233 e.